The summed E-state index contributed by atoms with van der Waals surface area (Å²) < 4.78 is 15.2. The molecule has 1 atom stereocenters. The van der Waals surface area contributed by atoms with Crippen LogP contribution in [-0.4, -0.2) is 31.4 Å². The molecule has 1 unspecified atom stereocenters. The number of nitro benzene ring substituents is 1. The Morgan fingerprint density at radius 1 is 1.25 bits per heavy atom. The Bertz CT molecular complexity index is 572. The molecule has 1 aromatic carbocycles. The Balaban J connectivity index is 3.72. The Kier molecular flexibility index (Phi) is 5.17. The summed E-state index contributed by atoms with van der Waals surface area (Å²) >= 11 is 0. The molecule has 0 saturated carbocycles. The number of ether oxygens (including phenoxy) is 3. The van der Waals surface area contributed by atoms with Gasteiger partial charge >= 0.3 is 5.69 Å². The number of benzene rings is 1. The summed E-state index contributed by atoms with van der Waals surface area (Å²) in [5.41, 5.74) is -0.417. The summed E-state index contributed by atoms with van der Waals surface area (Å²) in [6.07, 6.45) is -1.32. The van der Waals surface area contributed by atoms with E-state index >= 15 is 0 Å². The van der Waals surface area contributed by atoms with Crippen molar-refractivity contribution in [1.82, 2.24) is 0 Å². The lowest BCUT2D eigenvalue weighted by molar-refractivity contribution is -0.387. The molecule has 0 aromatic heterocycles. The predicted molar refractivity (Wildman–Crippen MR) is 71.2 cm³/mol. The standard InChI is InChI=1S/C13H15NO6/c1-5-6-9(15)8-7-10(18-2)12(19-3)13(20-4)11(8)14(16)17/h7,9,15H,1-4H3. The minimum Gasteiger partial charge on any atom is -0.493 e. The van der Waals surface area contributed by atoms with Crippen LogP contribution in [0.5, 0.6) is 17.2 Å². The van der Waals surface area contributed by atoms with Gasteiger partial charge in [0.2, 0.25) is 11.5 Å². The maximum Gasteiger partial charge on any atom is 0.321 e. The second kappa shape index (κ2) is 6.63. The number of aliphatic hydroxyl groups excluding tert-OH is 1. The summed E-state index contributed by atoms with van der Waals surface area (Å²) in [6.45, 7) is 1.52. The first-order valence-corrected chi connectivity index (χ1v) is 5.59. The van der Waals surface area contributed by atoms with Crippen LogP contribution in [0.1, 0.15) is 18.6 Å². The maximum absolute atomic E-state index is 11.2. The van der Waals surface area contributed by atoms with E-state index in [9.17, 15) is 15.2 Å². The van der Waals surface area contributed by atoms with Crippen molar-refractivity contribution in [2.45, 2.75) is 13.0 Å². The smallest absolute Gasteiger partial charge is 0.321 e. The quantitative estimate of drug-likeness (QED) is 0.501. The topological polar surface area (TPSA) is 91.1 Å². The summed E-state index contributed by atoms with van der Waals surface area (Å²) in [4.78, 5) is 10.6. The number of hydrogen-bond donors (Lipinski definition) is 1. The minimum atomic E-state index is -1.32. The molecular formula is C13H15NO6. The van der Waals surface area contributed by atoms with Crippen LogP contribution < -0.4 is 14.2 Å². The molecule has 108 valence electrons. The molecule has 0 radical (unpaired) electrons. The predicted octanol–water partition coefficient (Wildman–Crippen LogP) is 1.68. The van der Waals surface area contributed by atoms with E-state index in [0.29, 0.717) is 0 Å². The number of nitro groups is 1. The zero-order valence-electron chi connectivity index (χ0n) is 11.6. The summed E-state index contributed by atoms with van der Waals surface area (Å²) in [6, 6.07) is 1.31. The molecule has 7 nitrogen and oxygen atoms in total. The molecule has 0 aliphatic rings. The average Bonchev–Trinajstić information content (AvgIpc) is 2.44. The van der Waals surface area contributed by atoms with E-state index in [4.69, 9.17) is 14.2 Å². The summed E-state index contributed by atoms with van der Waals surface area (Å²) in [5.74, 6) is 5.12. The Morgan fingerprint density at radius 3 is 2.25 bits per heavy atom. The molecule has 7 heteroatoms. The highest BCUT2D eigenvalue weighted by Gasteiger charge is 2.31. The highest BCUT2D eigenvalue weighted by atomic mass is 16.6. The molecular weight excluding hydrogens is 266 g/mol. The van der Waals surface area contributed by atoms with Gasteiger partial charge in [0.05, 0.1) is 31.8 Å². The van der Waals surface area contributed by atoms with Crippen molar-refractivity contribution < 1.29 is 24.2 Å². The molecule has 20 heavy (non-hydrogen) atoms. The van der Waals surface area contributed by atoms with E-state index in [-0.39, 0.29) is 22.8 Å². The molecule has 1 aromatic rings. The normalized spacial score (nSPS) is 11.1. The van der Waals surface area contributed by atoms with E-state index in [2.05, 4.69) is 11.8 Å². The van der Waals surface area contributed by atoms with E-state index in [1.54, 1.807) is 0 Å². The molecule has 1 rings (SSSR count). The van der Waals surface area contributed by atoms with Crippen molar-refractivity contribution in [2.24, 2.45) is 0 Å². The zero-order chi connectivity index (χ0) is 15.3. The van der Waals surface area contributed by atoms with Crippen LogP contribution in [0.3, 0.4) is 0 Å². The first-order valence-electron chi connectivity index (χ1n) is 5.59. The van der Waals surface area contributed by atoms with Gasteiger partial charge in [-0.1, -0.05) is 5.92 Å². The lowest BCUT2D eigenvalue weighted by Gasteiger charge is -2.15. The van der Waals surface area contributed by atoms with Gasteiger partial charge in [-0.25, -0.2) is 0 Å². The van der Waals surface area contributed by atoms with Crippen molar-refractivity contribution in [1.29, 1.82) is 0 Å². The van der Waals surface area contributed by atoms with Gasteiger partial charge in [-0.3, -0.25) is 10.1 Å². The minimum absolute atomic E-state index is 0.0150. The zero-order valence-corrected chi connectivity index (χ0v) is 11.6. The van der Waals surface area contributed by atoms with Crippen LogP contribution in [0.15, 0.2) is 6.07 Å². The van der Waals surface area contributed by atoms with Gasteiger partial charge < -0.3 is 19.3 Å². The molecule has 1 N–H and O–H groups in total. The average molecular weight is 281 g/mol. The van der Waals surface area contributed by atoms with Gasteiger partial charge in [-0.05, 0) is 13.0 Å². The first-order chi connectivity index (χ1) is 9.51. The molecule has 0 aliphatic heterocycles. The maximum atomic E-state index is 11.2. The highest BCUT2D eigenvalue weighted by Crippen LogP contribution is 2.47. The fourth-order valence-electron chi connectivity index (χ4n) is 1.77. The summed E-state index contributed by atoms with van der Waals surface area (Å²) in [5, 5.41) is 21.2. The monoisotopic (exact) mass is 281 g/mol. The van der Waals surface area contributed by atoms with Crippen molar-refractivity contribution in [3.05, 3.63) is 21.7 Å². The molecule has 0 amide bonds. The van der Waals surface area contributed by atoms with Crippen LogP contribution in [0.2, 0.25) is 0 Å². The van der Waals surface area contributed by atoms with E-state index in [0.717, 1.165) is 0 Å². The van der Waals surface area contributed by atoms with Gasteiger partial charge in [-0.2, -0.15) is 0 Å². The van der Waals surface area contributed by atoms with Gasteiger partial charge in [0.15, 0.2) is 5.75 Å². The molecule has 0 spiro atoms. The fourth-order valence-corrected chi connectivity index (χ4v) is 1.77. The highest BCUT2D eigenvalue weighted by molar-refractivity contribution is 5.67. The van der Waals surface area contributed by atoms with Crippen molar-refractivity contribution in [3.63, 3.8) is 0 Å². The van der Waals surface area contributed by atoms with Gasteiger partial charge in [0, 0.05) is 0 Å². The Hall–Kier alpha value is -2.46. The second-order valence-corrected chi connectivity index (χ2v) is 3.64. The van der Waals surface area contributed by atoms with Crippen molar-refractivity contribution >= 4 is 5.69 Å². The lowest BCUT2D eigenvalue weighted by atomic mass is 10.0. The van der Waals surface area contributed by atoms with E-state index in [1.165, 1.54) is 34.3 Å². The van der Waals surface area contributed by atoms with Gasteiger partial charge in [0.25, 0.3) is 0 Å². The molecule has 0 heterocycles. The SMILES string of the molecule is CC#CC(O)c1cc(OC)c(OC)c(OC)c1[N+](=O)[O-]. The fraction of sp³-hybridized carbons (Fsp3) is 0.385. The first kappa shape index (κ1) is 15.6. The van der Waals surface area contributed by atoms with E-state index in [1.807, 2.05) is 0 Å². The van der Waals surface area contributed by atoms with Crippen LogP contribution >= 0.6 is 0 Å². The molecule has 0 aliphatic carbocycles. The Morgan fingerprint density at radius 2 is 1.85 bits per heavy atom. The van der Waals surface area contributed by atoms with E-state index < -0.39 is 16.7 Å². The van der Waals surface area contributed by atoms with Crippen LogP contribution in [0.25, 0.3) is 0 Å². The lowest BCUT2D eigenvalue weighted by Crippen LogP contribution is -2.06. The van der Waals surface area contributed by atoms with Crippen molar-refractivity contribution in [2.75, 3.05) is 21.3 Å². The third-order valence-electron chi connectivity index (χ3n) is 2.59. The number of aliphatic hydroxyl groups is 1. The number of methoxy groups -OCH3 is 3. The molecule has 0 bridgehead atoms. The molecule has 0 saturated heterocycles. The second-order valence-electron chi connectivity index (χ2n) is 3.64. The number of rotatable bonds is 5. The third kappa shape index (κ3) is 2.75. The largest absolute Gasteiger partial charge is 0.493 e. The molecule has 0 fully saturated rings. The van der Waals surface area contributed by atoms with Crippen LogP contribution in [-0.2, 0) is 0 Å². The third-order valence-corrected chi connectivity index (χ3v) is 2.59. The number of nitrogens with zero attached hydrogens (tertiary/aromatic N) is 1. The summed E-state index contributed by atoms with van der Waals surface area (Å²) in [7, 11) is 3.99. The number of hydrogen-bond acceptors (Lipinski definition) is 6. The van der Waals surface area contributed by atoms with Crippen LogP contribution in [0, 0.1) is 22.0 Å². The van der Waals surface area contributed by atoms with Gasteiger partial charge in [-0.15, -0.1) is 5.92 Å². The Labute approximate surface area is 116 Å². The van der Waals surface area contributed by atoms with Gasteiger partial charge in [0.1, 0.15) is 6.10 Å². The van der Waals surface area contributed by atoms with Crippen molar-refractivity contribution in [3.8, 4) is 29.1 Å². The van der Waals surface area contributed by atoms with Crippen LogP contribution in [0.4, 0.5) is 5.69 Å².